The Kier molecular flexibility index (Phi) is 3.74. The van der Waals surface area contributed by atoms with Crippen LogP contribution in [0.5, 0.6) is 0 Å². The van der Waals surface area contributed by atoms with E-state index in [0.29, 0.717) is 5.92 Å². The van der Waals surface area contributed by atoms with Crippen LogP contribution in [0.25, 0.3) is 0 Å². The summed E-state index contributed by atoms with van der Waals surface area (Å²) in [6, 6.07) is 0.234. The average Bonchev–Trinajstić information content (AvgIpc) is 3.01. The number of hydrogen-bond acceptors (Lipinski definition) is 3. The molecule has 112 valence electrons. The number of hydrogen-bond donors (Lipinski definition) is 1. The molecule has 3 aliphatic rings. The van der Waals surface area contributed by atoms with Crippen LogP contribution in [0.3, 0.4) is 0 Å². The van der Waals surface area contributed by atoms with Gasteiger partial charge in [-0.2, -0.15) is 0 Å². The fraction of sp³-hybridized carbons (Fsp3) is 0.875. The summed E-state index contributed by atoms with van der Waals surface area (Å²) in [6.45, 7) is 2.18. The first-order valence-corrected chi connectivity index (χ1v) is 8.09. The van der Waals surface area contributed by atoms with Crippen LogP contribution in [0.1, 0.15) is 51.9 Å². The van der Waals surface area contributed by atoms with E-state index >= 15 is 0 Å². The first-order chi connectivity index (χ1) is 9.58. The van der Waals surface area contributed by atoms with E-state index in [2.05, 4.69) is 12.2 Å². The fourth-order valence-electron chi connectivity index (χ4n) is 4.82. The van der Waals surface area contributed by atoms with E-state index < -0.39 is 11.9 Å². The van der Waals surface area contributed by atoms with Gasteiger partial charge < -0.3 is 15.2 Å². The highest BCUT2D eigenvalue weighted by molar-refractivity contribution is 5.85. The molecule has 4 heteroatoms. The fourth-order valence-corrected chi connectivity index (χ4v) is 4.82. The number of aliphatic carboxylic acids is 1. The van der Waals surface area contributed by atoms with Crippen molar-refractivity contribution in [2.75, 3.05) is 0 Å². The molecule has 0 spiro atoms. The van der Waals surface area contributed by atoms with Crippen molar-refractivity contribution < 1.29 is 14.7 Å². The normalized spacial score (nSPS) is 43.5. The number of carboxylic acids is 1. The van der Waals surface area contributed by atoms with Crippen molar-refractivity contribution in [1.82, 2.24) is 5.32 Å². The van der Waals surface area contributed by atoms with Gasteiger partial charge in [-0.3, -0.25) is 4.79 Å². The minimum absolute atomic E-state index is 0.0230. The molecule has 0 aliphatic heterocycles. The SMILES string of the molecule is C[C@@H]1CCCC[C@H]1NC(=O)[C@@H]1[C@@H]2CC[C@@H](C2)[C@@H]1C(=O)[O-]. The lowest BCUT2D eigenvalue weighted by Gasteiger charge is -2.35. The second-order valence-corrected chi connectivity index (χ2v) is 7.08. The van der Waals surface area contributed by atoms with Crippen LogP contribution >= 0.6 is 0 Å². The predicted molar refractivity (Wildman–Crippen MR) is 72.4 cm³/mol. The van der Waals surface area contributed by atoms with Crippen molar-refractivity contribution >= 4 is 11.9 Å². The molecule has 20 heavy (non-hydrogen) atoms. The van der Waals surface area contributed by atoms with Crippen LogP contribution in [0, 0.1) is 29.6 Å². The molecule has 1 amide bonds. The first-order valence-electron chi connectivity index (χ1n) is 8.09. The summed E-state index contributed by atoms with van der Waals surface area (Å²) in [4.78, 5) is 23.9. The third-order valence-electron chi connectivity index (χ3n) is 5.93. The van der Waals surface area contributed by atoms with Gasteiger partial charge in [0.15, 0.2) is 0 Å². The molecule has 0 aromatic rings. The van der Waals surface area contributed by atoms with Crippen molar-refractivity contribution in [2.24, 2.45) is 29.6 Å². The Hall–Kier alpha value is -1.06. The van der Waals surface area contributed by atoms with Gasteiger partial charge in [0.2, 0.25) is 5.91 Å². The summed E-state index contributed by atoms with van der Waals surface area (Å²) in [5.74, 6) is -0.987. The number of rotatable bonds is 3. The van der Waals surface area contributed by atoms with E-state index in [4.69, 9.17) is 0 Å². The molecule has 2 bridgehead atoms. The van der Waals surface area contributed by atoms with Crippen molar-refractivity contribution in [2.45, 2.75) is 57.9 Å². The number of carboxylic acid groups (broad SMARTS) is 1. The molecule has 0 saturated heterocycles. The summed E-state index contributed by atoms with van der Waals surface area (Å²) >= 11 is 0. The highest BCUT2D eigenvalue weighted by Crippen LogP contribution is 2.52. The Morgan fingerprint density at radius 3 is 2.30 bits per heavy atom. The molecule has 0 aromatic heterocycles. The van der Waals surface area contributed by atoms with Crippen molar-refractivity contribution in [3.63, 3.8) is 0 Å². The van der Waals surface area contributed by atoms with Gasteiger partial charge >= 0.3 is 0 Å². The molecule has 0 heterocycles. The van der Waals surface area contributed by atoms with E-state index in [1.807, 2.05) is 0 Å². The standard InChI is InChI=1S/C16H25NO3/c1-9-4-2-3-5-12(9)17-15(18)13-10-6-7-11(8-10)14(13)16(19)20/h9-14H,2-8H2,1H3,(H,17,18)(H,19,20)/p-1/t9-,10-,11+,12-,13-,14+/m1/s1. The van der Waals surface area contributed by atoms with Crippen molar-refractivity contribution in [1.29, 1.82) is 0 Å². The zero-order valence-electron chi connectivity index (χ0n) is 12.1. The molecule has 0 radical (unpaired) electrons. The molecule has 1 N–H and O–H groups in total. The van der Waals surface area contributed by atoms with Crippen LogP contribution in [0.4, 0.5) is 0 Å². The highest BCUT2D eigenvalue weighted by Gasteiger charge is 2.51. The zero-order chi connectivity index (χ0) is 14.3. The van der Waals surface area contributed by atoms with Crippen LogP contribution in [-0.2, 0) is 9.59 Å². The van der Waals surface area contributed by atoms with E-state index in [1.165, 1.54) is 6.42 Å². The second kappa shape index (κ2) is 5.38. The van der Waals surface area contributed by atoms with Crippen LogP contribution < -0.4 is 10.4 Å². The molecule has 3 fully saturated rings. The number of nitrogens with one attached hydrogen (secondary N) is 1. The number of amides is 1. The number of fused-ring (bicyclic) bond motifs is 2. The van der Waals surface area contributed by atoms with E-state index in [-0.39, 0.29) is 29.7 Å². The molecule has 0 aromatic carbocycles. The number of carbonyl (C=O) groups excluding carboxylic acids is 2. The molecule has 0 unspecified atom stereocenters. The lowest BCUT2D eigenvalue weighted by Crippen LogP contribution is -2.50. The molecular formula is C16H24NO3-. The summed E-state index contributed by atoms with van der Waals surface area (Å²) in [6.07, 6.45) is 7.45. The van der Waals surface area contributed by atoms with E-state index in [1.54, 1.807) is 0 Å². The summed E-state index contributed by atoms with van der Waals surface area (Å²) < 4.78 is 0. The smallest absolute Gasteiger partial charge is 0.224 e. The largest absolute Gasteiger partial charge is 0.550 e. The topological polar surface area (TPSA) is 69.2 Å². The summed E-state index contributed by atoms with van der Waals surface area (Å²) in [7, 11) is 0. The van der Waals surface area contributed by atoms with Crippen LogP contribution in [0.15, 0.2) is 0 Å². The minimum atomic E-state index is -1.02. The van der Waals surface area contributed by atoms with Gasteiger partial charge in [-0.25, -0.2) is 0 Å². The minimum Gasteiger partial charge on any atom is -0.550 e. The van der Waals surface area contributed by atoms with Crippen LogP contribution in [-0.4, -0.2) is 17.9 Å². The summed E-state index contributed by atoms with van der Waals surface area (Å²) in [5, 5.41) is 14.5. The van der Waals surface area contributed by atoms with Gasteiger partial charge in [-0.05, 0) is 49.9 Å². The molecule has 3 rings (SSSR count). The Balaban J connectivity index is 1.68. The van der Waals surface area contributed by atoms with Crippen LogP contribution in [0.2, 0.25) is 0 Å². The molecule has 3 saturated carbocycles. The first kappa shape index (κ1) is 13.9. The Bertz CT molecular complexity index is 409. The number of carbonyl (C=O) groups is 2. The maximum Gasteiger partial charge on any atom is 0.224 e. The molecule has 4 nitrogen and oxygen atoms in total. The van der Waals surface area contributed by atoms with Crippen molar-refractivity contribution in [3.05, 3.63) is 0 Å². The van der Waals surface area contributed by atoms with E-state index in [0.717, 1.165) is 38.5 Å². The zero-order valence-corrected chi connectivity index (χ0v) is 12.1. The lowest BCUT2D eigenvalue weighted by atomic mass is 9.78. The second-order valence-electron chi connectivity index (χ2n) is 7.08. The summed E-state index contributed by atoms with van der Waals surface area (Å²) in [5.41, 5.74) is 0. The quantitative estimate of drug-likeness (QED) is 0.840. The van der Waals surface area contributed by atoms with E-state index in [9.17, 15) is 14.7 Å². The Labute approximate surface area is 120 Å². The van der Waals surface area contributed by atoms with Gasteiger partial charge in [0, 0.05) is 23.8 Å². The Morgan fingerprint density at radius 1 is 1.00 bits per heavy atom. The maximum absolute atomic E-state index is 12.6. The highest BCUT2D eigenvalue weighted by atomic mass is 16.4. The van der Waals surface area contributed by atoms with Gasteiger partial charge in [0.25, 0.3) is 0 Å². The molecule has 3 aliphatic carbocycles. The monoisotopic (exact) mass is 278 g/mol. The lowest BCUT2D eigenvalue weighted by molar-refractivity contribution is -0.314. The van der Waals surface area contributed by atoms with Gasteiger partial charge in [-0.1, -0.05) is 19.8 Å². The van der Waals surface area contributed by atoms with Gasteiger partial charge in [-0.15, -0.1) is 0 Å². The Morgan fingerprint density at radius 2 is 1.65 bits per heavy atom. The predicted octanol–water partition coefficient (Wildman–Crippen LogP) is 1.09. The van der Waals surface area contributed by atoms with Crippen molar-refractivity contribution in [3.8, 4) is 0 Å². The maximum atomic E-state index is 12.6. The molecule has 6 atom stereocenters. The molecular weight excluding hydrogens is 254 g/mol. The third kappa shape index (κ3) is 2.33. The van der Waals surface area contributed by atoms with Gasteiger partial charge in [0.1, 0.15) is 0 Å². The van der Waals surface area contributed by atoms with Gasteiger partial charge in [0.05, 0.1) is 0 Å². The third-order valence-corrected chi connectivity index (χ3v) is 5.93. The average molecular weight is 278 g/mol.